The normalized spacial score (nSPS) is 21.1. The van der Waals surface area contributed by atoms with E-state index in [-0.39, 0.29) is 6.04 Å². The van der Waals surface area contributed by atoms with Crippen LogP contribution < -0.4 is 5.73 Å². The molecule has 2 nitrogen and oxygen atoms in total. The van der Waals surface area contributed by atoms with Gasteiger partial charge in [0.25, 0.3) is 0 Å². The van der Waals surface area contributed by atoms with Crippen LogP contribution in [0.15, 0.2) is 18.2 Å². The van der Waals surface area contributed by atoms with E-state index < -0.39 is 17.6 Å². The topological polar surface area (TPSA) is 29.3 Å². The van der Waals surface area contributed by atoms with Crippen LogP contribution in [-0.2, 0) is 12.7 Å². The van der Waals surface area contributed by atoms with Crippen molar-refractivity contribution in [3.05, 3.63) is 35.1 Å². The van der Waals surface area contributed by atoms with Crippen molar-refractivity contribution in [3.8, 4) is 0 Å². The second kappa shape index (κ2) is 6.10. The quantitative estimate of drug-likeness (QED) is 0.866. The highest BCUT2D eigenvalue weighted by molar-refractivity contribution is 5.27. The van der Waals surface area contributed by atoms with Gasteiger partial charge in [0, 0.05) is 19.1 Å². The lowest BCUT2D eigenvalue weighted by molar-refractivity contribution is -0.137. The summed E-state index contributed by atoms with van der Waals surface area (Å²) in [5.74, 6) is -0.851. The Labute approximate surface area is 115 Å². The van der Waals surface area contributed by atoms with Crippen molar-refractivity contribution in [2.24, 2.45) is 5.73 Å². The molecule has 1 fully saturated rings. The predicted octanol–water partition coefficient (Wildman–Crippen LogP) is 3.16. The van der Waals surface area contributed by atoms with Crippen LogP contribution in [0.1, 0.15) is 30.4 Å². The molecule has 0 aliphatic carbocycles. The number of alkyl halides is 3. The van der Waals surface area contributed by atoms with E-state index >= 15 is 0 Å². The average molecular weight is 290 g/mol. The van der Waals surface area contributed by atoms with Gasteiger partial charge in [-0.05, 0) is 43.1 Å². The van der Waals surface area contributed by atoms with Crippen LogP contribution in [0.3, 0.4) is 0 Å². The molecular weight excluding hydrogens is 272 g/mol. The van der Waals surface area contributed by atoms with Crippen molar-refractivity contribution in [1.29, 1.82) is 0 Å². The smallest absolute Gasteiger partial charge is 0.329 e. The first kappa shape index (κ1) is 15.3. The third-order valence-electron chi connectivity index (χ3n) is 3.69. The maximum atomic E-state index is 13.3. The Morgan fingerprint density at radius 1 is 1.20 bits per heavy atom. The third-order valence-corrected chi connectivity index (χ3v) is 3.69. The molecule has 0 amide bonds. The lowest BCUT2D eigenvalue weighted by atomic mass is 10.0. The number of rotatable bonds is 3. The summed E-state index contributed by atoms with van der Waals surface area (Å²) in [6.07, 6.45) is -1.50. The molecule has 1 aliphatic heterocycles. The summed E-state index contributed by atoms with van der Waals surface area (Å²) >= 11 is 0. The van der Waals surface area contributed by atoms with Gasteiger partial charge in [-0.2, -0.15) is 13.2 Å². The second-order valence-electron chi connectivity index (χ2n) is 5.20. The van der Waals surface area contributed by atoms with Gasteiger partial charge in [0.05, 0.1) is 5.56 Å². The van der Waals surface area contributed by atoms with Crippen LogP contribution in [0.4, 0.5) is 17.6 Å². The average Bonchev–Trinajstić information content (AvgIpc) is 2.37. The van der Waals surface area contributed by atoms with Crippen LogP contribution in [0.25, 0.3) is 0 Å². The Morgan fingerprint density at radius 3 is 2.60 bits per heavy atom. The summed E-state index contributed by atoms with van der Waals surface area (Å²) in [6.45, 7) is 1.57. The number of piperidine rings is 1. The van der Waals surface area contributed by atoms with E-state index in [1.165, 1.54) is 0 Å². The van der Waals surface area contributed by atoms with E-state index in [1.54, 1.807) is 0 Å². The Hall–Kier alpha value is -1.14. The van der Waals surface area contributed by atoms with Gasteiger partial charge in [-0.3, -0.25) is 4.90 Å². The fourth-order valence-corrected chi connectivity index (χ4v) is 2.67. The van der Waals surface area contributed by atoms with Gasteiger partial charge in [0.1, 0.15) is 5.82 Å². The third kappa shape index (κ3) is 3.70. The van der Waals surface area contributed by atoms with Gasteiger partial charge in [-0.15, -0.1) is 0 Å². The van der Waals surface area contributed by atoms with Crippen molar-refractivity contribution >= 4 is 0 Å². The lowest BCUT2D eigenvalue weighted by Gasteiger charge is -2.35. The van der Waals surface area contributed by atoms with Crippen molar-refractivity contribution in [3.63, 3.8) is 0 Å². The molecule has 2 rings (SSSR count). The molecule has 1 unspecified atom stereocenters. The van der Waals surface area contributed by atoms with Gasteiger partial charge in [0.2, 0.25) is 0 Å². The summed E-state index contributed by atoms with van der Waals surface area (Å²) in [7, 11) is 0. The summed E-state index contributed by atoms with van der Waals surface area (Å²) < 4.78 is 51.4. The number of nitrogens with zero attached hydrogens (tertiary/aromatic N) is 1. The molecule has 112 valence electrons. The van der Waals surface area contributed by atoms with Gasteiger partial charge in [0.15, 0.2) is 0 Å². The predicted molar refractivity (Wildman–Crippen MR) is 68.5 cm³/mol. The molecule has 20 heavy (non-hydrogen) atoms. The minimum Gasteiger partial charge on any atom is -0.329 e. The first-order valence-corrected chi connectivity index (χ1v) is 6.71. The van der Waals surface area contributed by atoms with Crippen LogP contribution in [0.2, 0.25) is 0 Å². The lowest BCUT2D eigenvalue weighted by Crippen LogP contribution is -2.43. The molecule has 0 spiro atoms. The molecule has 2 N–H and O–H groups in total. The van der Waals surface area contributed by atoms with E-state index in [9.17, 15) is 17.6 Å². The number of halogens is 4. The molecule has 0 radical (unpaired) electrons. The van der Waals surface area contributed by atoms with Crippen molar-refractivity contribution < 1.29 is 17.6 Å². The molecule has 1 heterocycles. The van der Waals surface area contributed by atoms with Gasteiger partial charge in [-0.25, -0.2) is 4.39 Å². The van der Waals surface area contributed by atoms with Gasteiger partial charge in [-0.1, -0.05) is 6.42 Å². The fourth-order valence-electron chi connectivity index (χ4n) is 2.67. The molecule has 0 aromatic heterocycles. The number of hydrogen-bond acceptors (Lipinski definition) is 2. The first-order chi connectivity index (χ1) is 9.40. The maximum absolute atomic E-state index is 13.3. The number of likely N-dealkylation sites (tertiary alicyclic amines) is 1. The zero-order chi connectivity index (χ0) is 14.8. The van der Waals surface area contributed by atoms with E-state index in [4.69, 9.17) is 5.73 Å². The van der Waals surface area contributed by atoms with Crippen molar-refractivity contribution in [1.82, 2.24) is 4.90 Å². The Kier molecular flexibility index (Phi) is 4.65. The van der Waals surface area contributed by atoms with Crippen molar-refractivity contribution in [2.45, 2.75) is 38.0 Å². The van der Waals surface area contributed by atoms with E-state index in [1.807, 2.05) is 4.90 Å². The largest absolute Gasteiger partial charge is 0.416 e. The van der Waals surface area contributed by atoms with Crippen molar-refractivity contribution in [2.75, 3.05) is 13.1 Å². The number of nitrogens with two attached hydrogens (primary N) is 1. The van der Waals surface area contributed by atoms with Crippen LogP contribution in [-0.4, -0.2) is 24.0 Å². The van der Waals surface area contributed by atoms with Gasteiger partial charge < -0.3 is 5.73 Å². The van der Waals surface area contributed by atoms with Crippen LogP contribution in [0, 0.1) is 5.82 Å². The molecule has 1 aliphatic rings. The molecule has 1 saturated heterocycles. The molecule has 1 atom stereocenters. The standard InChI is InChI=1S/C14H18F4N2/c15-12-6-10(5-11(7-12)14(16,17)18)9-20-4-2-1-3-13(20)8-19/h5-7,13H,1-4,8-9,19H2. The maximum Gasteiger partial charge on any atom is 0.416 e. The summed E-state index contributed by atoms with van der Waals surface area (Å²) in [5, 5.41) is 0. The SMILES string of the molecule is NCC1CCCCN1Cc1cc(F)cc(C(F)(F)F)c1. The highest BCUT2D eigenvalue weighted by atomic mass is 19.4. The summed E-state index contributed by atoms with van der Waals surface area (Å²) in [6, 6.07) is 2.88. The Morgan fingerprint density at radius 2 is 1.95 bits per heavy atom. The van der Waals surface area contributed by atoms with Crippen LogP contribution >= 0.6 is 0 Å². The Bertz CT molecular complexity index is 459. The zero-order valence-electron chi connectivity index (χ0n) is 11.1. The minimum atomic E-state index is -4.52. The number of benzene rings is 1. The van der Waals surface area contributed by atoms with E-state index in [2.05, 4.69) is 0 Å². The molecule has 6 heteroatoms. The highest BCUT2D eigenvalue weighted by Crippen LogP contribution is 2.31. The monoisotopic (exact) mass is 290 g/mol. The summed E-state index contributed by atoms with van der Waals surface area (Å²) in [4.78, 5) is 2.04. The minimum absolute atomic E-state index is 0.168. The molecule has 1 aromatic rings. The molecule has 1 aromatic carbocycles. The second-order valence-corrected chi connectivity index (χ2v) is 5.20. The highest BCUT2D eigenvalue weighted by Gasteiger charge is 2.31. The summed E-state index contributed by atoms with van der Waals surface area (Å²) in [5.41, 5.74) is 5.09. The number of hydrogen-bond donors (Lipinski definition) is 1. The van der Waals surface area contributed by atoms with Crippen LogP contribution in [0.5, 0.6) is 0 Å². The zero-order valence-corrected chi connectivity index (χ0v) is 11.1. The Balaban J connectivity index is 2.18. The molecular formula is C14H18F4N2. The molecule has 0 saturated carbocycles. The fraction of sp³-hybridized carbons (Fsp3) is 0.571. The molecule has 0 bridgehead atoms. The first-order valence-electron chi connectivity index (χ1n) is 6.71. The van der Waals surface area contributed by atoms with E-state index in [0.29, 0.717) is 24.7 Å². The van der Waals surface area contributed by atoms with E-state index in [0.717, 1.165) is 37.9 Å². The van der Waals surface area contributed by atoms with Gasteiger partial charge >= 0.3 is 6.18 Å².